The summed E-state index contributed by atoms with van der Waals surface area (Å²) >= 11 is 5.03. The molecule has 0 atom stereocenters. The SMILES string of the molecule is CCOc1ccc(CN(/N=C\c2ccccc2O)C(N)=S)cc1. The Morgan fingerprint density at radius 1 is 1.26 bits per heavy atom. The van der Waals surface area contributed by atoms with Crippen LogP contribution >= 0.6 is 12.2 Å². The molecule has 2 rings (SSSR count). The van der Waals surface area contributed by atoms with Crippen LogP contribution in [-0.2, 0) is 6.54 Å². The molecular formula is C17H19N3O2S. The van der Waals surface area contributed by atoms with Gasteiger partial charge < -0.3 is 15.6 Å². The molecule has 0 aromatic heterocycles. The molecule has 2 aromatic rings. The van der Waals surface area contributed by atoms with E-state index in [2.05, 4.69) is 5.10 Å². The zero-order valence-electron chi connectivity index (χ0n) is 12.8. The van der Waals surface area contributed by atoms with Crippen molar-refractivity contribution in [3.8, 4) is 11.5 Å². The van der Waals surface area contributed by atoms with Crippen LogP contribution in [0.15, 0.2) is 53.6 Å². The third-order valence-electron chi connectivity index (χ3n) is 3.09. The number of nitrogens with zero attached hydrogens (tertiary/aromatic N) is 2. The molecule has 2 aromatic carbocycles. The van der Waals surface area contributed by atoms with E-state index in [4.69, 9.17) is 22.7 Å². The van der Waals surface area contributed by atoms with E-state index in [1.54, 1.807) is 18.2 Å². The lowest BCUT2D eigenvalue weighted by molar-refractivity contribution is 0.340. The minimum Gasteiger partial charge on any atom is -0.507 e. The van der Waals surface area contributed by atoms with Crippen LogP contribution in [0.1, 0.15) is 18.1 Å². The molecule has 6 heteroatoms. The highest BCUT2D eigenvalue weighted by molar-refractivity contribution is 7.80. The van der Waals surface area contributed by atoms with Crippen LogP contribution in [-0.4, -0.2) is 28.0 Å². The molecule has 120 valence electrons. The Morgan fingerprint density at radius 2 is 1.96 bits per heavy atom. The van der Waals surface area contributed by atoms with E-state index in [1.165, 1.54) is 11.2 Å². The third-order valence-corrected chi connectivity index (χ3v) is 3.30. The van der Waals surface area contributed by atoms with Gasteiger partial charge in [0.05, 0.1) is 19.4 Å². The van der Waals surface area contributed by atoms with Crippen LogP contribution in [0.25, 0.3) is 0 Å². The molecule has 0 saturated heterocycles. The summed E-state index contributed by atoms with van der Waals surface area (Å²) in [6.45, 7) is 3.01. The van der Waals surface area contributed by atoms with Crippen molar-refractivity contribution >= 4 is 23.5 Å². The van der Waals surface area contributed by atoms with E-state index < -0.39 is 0 Å². The van der Waals surface area contributed by atoms with E-state index in [0.29, 0.717) is 18.7 Å². The standard InChI is InChI=1S/C17H19N3O2S/c1-2-22-15-9-7-13(8-10-15)12-20(17(18)23)19-11-14-5-3-4-6-16(14)21/h3-11,21H,2,12H2,1H3,(H2,18,23)/b19-11-. The Kier molecular flexibility index (Phi) is 5.94. The average Bonchev–Trinajstić information content (AvgIpc) is 2.54. The third kappa shape index (κ3) is 4.96. The zero-order valence-corrected chi connectivity index (χ0v) is 13.7. The van der Waals surface area contributed by atoms with Crippen LogP contribution < -0.4 is 10.5 Å². The van der Waals surface area contributed by atoms with Crippen LogP contribution in [0.2, 0.25) is 0 Å². The van der Waals surface area contributed by atoms with Crippen molar-refractivity contribution in [1.29, 1.82) is 0 Å². The topological polar surface area (TPSA) is 71.1 Å². The molecule has 0 unspecified atom stereocenters. The van der Waals surface area contributed by atoms with Crippen molar-refractivity contribution in [2.45, 2.75) is 13.5 Å². The average molecular weight is 329 g/mol. The molecule has 23 heavy (non-hydrogen) atoms. The number of aromatic hydroxyl groups is 1. The summed E-state index contributed by atoms with van der Waals surface area (Å²) in [5.41, 5.74) is 7.31. The molecule has 0 bridgehead atoms. The smallest absolute Gasteiger partial charge is 0.187 e. The highest BCUT2D eigenvalue weighted by Gasteiger charge is 2.06. The number of ether oxygens (including phenoxy) is 1. The van der Waals surface area contributed by atoms with Gasteiger partial charge in [0.15, 0.2) is 5.11 Å². The summed E-state index contributed by atoms with van der Waals surface area (Å²) in [5, 5.41) is 15.7. The lowest BCUT2D eigenvalue weighted by atomic mass is 10.2. The Bertz CT molecular complexity index is 686. The second-order valence-electron chi connectivity index (χ2n) is 4.78. The van der Waals surface area contributed by atoms with Crippen molar-refractivity contribution in [2.24, 2.45) is 10.8 Å². The van der Waals surface area contributed by atoms with Gasteiger partial charge in [-0.15, -0.1) is 0 Å². The van der Waals surface area contributed by atoms with E-state index >= 15 is 0 Å². The molecule has 0 aliphatic rings. The fourth-order valence-electron chi connectivity index (χ4n) is 1.93. The maximum atomic E-state index is 9.75. The number of hydrogen-bond donors (Lipinski definition) is 2. The van der Waals surface area contributed by atoms with Crippen LogP contribution in [0, 0.1) is 0 Å². The van der Waals surface area contributed by atoms with E-state index in [0.717, 1.165) is 11.3 Å². The van der Waals surface area contributed by atoms with Gasteiger partial charge in [-0.05, 0) is 49.0 Å². The first-order chi connectivity index (χ1) is 11.1. The minimum atomic E-state index is 0.153. The first kappa shape index (κ1) is 16.8. The summed E-state index contributed by atoms with van der Waals surface area (Å²) in [7, 11) is 0. The number of benzene rings is 2. The van der Waals surface area contributed by atoms with Gasteiger partial charge in [0.25, 0.3) is 0 Å². The lowest BCUT2D eigenvalue weighted by Gasteiger charge is -2.17. The monoisotopic (exact) mass is 329 g/mol. The lowest BCUT2D eigenvalue weighted by Crippen LogP contribution is -2.30. The van der Waals surface area contributed by atoms with Crippen molar-refractivity contribution in [2.75, 3.05) is 6.61 Å². The molecule has 0 amide bonds. The maximum absolute atomic E-state index is 9.75. The van der Waals surface area contributed by atoms with E-state index in [1.807, 2.05) is 37.3 Å². The molecule has 0 radical (unpaired) electrons. The number of phenols is 1. The Hall–Kier alpha value is -2.60. The highest BCUT2D eigenvalue weighted by Crippen LogP contribution is 2.15. The van der Waals surface area contributed by atoms with Gasteiger partial charge in [-0.25, -0.2) is 5.01 Å². The largest absolute Gasteiger partial charge is 0.507 e. The van der Waals surface area contributed by atoms with Crippen LogP contribution in [0.5, 0.6) is 11.5 Å². The number of hydrazone groups is 1. The molecule has 3 N–H and O–H groups in total. The minimum absolute atomic E-state index is 0.153. The Labute approximate surface area is 141 Å². The van der Waals surface area contributed by atoms with Gasteiger partial charge in [-0.3, -0.25) is 0 Å². The van der Waals surface area contributed by atoms with Gasteiger partial charge in [0.1, 0.15) is 11.5 Å². The maximum Gasteiger partial charge on any atom is 0.187 e. The van der Waals surface area contributed by atoms with Crippen molar-refractivity contribution in [3.63, 3.8) is 0 Å². The molecule has 5 nitrogen and oxygen atoms in total. The second-order valence-corrected chi connectivity index (χ2v) is 5.19. The summed E-state index contributed by atoms with van der Waals surface area (Å²) in [6.07, 6.45) is 1.53. The fraction of sp³-hybridized carbons (Fsp3) is 0.176. The molecule has 0 fully saturated rings. The van der Waals surface area contributed by atoms with Crippen molar-refractivity contribution in [1.82, 2.24) is 5.01 Å². The van der Waals surface area contributed by atoms with E-state index in [-0.39, 0.29) is 10.9 Å². The molecule has 0 heterocycles. The molecular weight excluding hydrogens is 310 g/mol. The predicted octanol–water partition coefficient (Wildman–Crippen LogP) is 2.87. The van der Waals surface area contributed by atoms with E-state index in [9.17, 15) is 5.11 Å². The Morgan fingerprint density at radius 3 is 2.57 bits per heavy atom. The molecule has 0 aliphatic heterocycles. The summed E-state index contributed by atoms with van der Waals surface area (Å²) < 4.78 is 5.41. The van der Waals surface area contributed by atoms with Gasteiger partial charge in [0, 0.05) is 5.56 Å². The fourth-order valence-corrected chi connectivity index (χ4v) is 2.05. The number of para-hydroxylation sites is 1. The number of thiocarbonyl (C=S) groups is 1. The van der Waals surface area contributed by atoms with Crippen molar-refractivity contribution in [3.05, 3.63) is 59.7 Å². The summed E-state index contributed by atoms with van der Waals surface area (Å²) in [6, 6.07) is 14.6. The van der Waals surface area contributed by atoms with Crippen LogP contribution in [0.3, 0.4) is 0 Å². The van der Waals surface area contributed by atoms with Crippen LogP contribution in [0.4, 0.5) is 0 Å². The summed E-state index contributed by atoms with van der Waals surface area (Å²) in [5.74, 6) is 0.969. The van der Waals surface area contributed by atoms with Gasteiger partial charge >= 0.3 is 0 Å². The normalized spacial score (nSPS) is 10.7. The van der Waals surface area contributed by atoms with Crippen molar-refractivity contribution < 1.29 is 9.84 Å². The first-order valence-electron chi connectivity index (χ1n) is 7.21. The predicted molar refractivity (Wildman–Crippen MR) is 95.6 cm³/mol. The zero-order chi connectivity index (χ0) is 16.7. The molecule has 0 saturated carbocycles. The second kappa shape index (κ2) is 8.14. The number of hydrogen-bond acceptors (Lipinski definition) is 4. The van der Waals surface area contributed by atoms with Gasteiger partial charge in [-0.2, -0.15) is 5.10 Å². The van der Waals surface area contributed by atoms with Gasteiger partial charge in [-0.1, -0.05) is 24.3 Å². The molecule has 0 spiro atoms. The quantitative estimate of drug-likeness (QED) is 0.484. The number of rotatable bonds is 6. The summed E-state index contributed by atoms with van der Waals surface area (Å²) in [4.78, 5) is 0. The number of nitrogens with two attached hydrogens (primary N) is 1. The highest BCUT2D eigenvalue weighted by atomic mass is 32.1. The Balaban J connectivity index is 2.10. The first-order valence-corrected chi connectivity index (χ1v) is 7.61. The number of phenolic OH excluding ortho intramolecular Hbond substituents is 1. The van der Waals surface area contributed by atoms with Gasteiger partial charge in [0.2, 0.25) is 0 Å². The molecule has 0 aliphatic carbocycles.